The quantitative estimate of drug-likeness (QED) is 0.451. The first-order chi connectivity index (χ1) is 6.15. The van der Waals surface area contributed by atoms with Crippen molar-refractivity contribution in [2.45, 2.75) is 6.10 Å². The van der Waals surface area contributed by atoms with Crippen molar-refractivity contribution in [3.63, 3.8) is 0 Å². The molecule has 0 fully saturated rings. The van der Waals surface area contributed by atoms with Crippen LogP contribution in [0, 0.1) is 0 Å². The molecule has 1 rings (SSSR count). The average Bonchev–Trinajstić information content (AvgIpc) is 2.10. The SMILES string of the molecule is CNC[C@H](O)c1ccc(O)c(O)c1.[Au]. The Hall–Kier alpha value is -0.520. The van der Waals surface area contributed by atoms with E-state index in [0.717, 1.165) is 0 Å². The number of aliphatic hydroxyl groups excluding tert-OH is 1. The van der Waals surface area contributed by atoms with Gasteiger partial charge in [-0.05, 0) is 24.7 Å². The number of hydrogen-bond donors (Lipinski definition) is 4. The first-order valence-corrected chi connectivity index (χ1v) is 3.99. The van der Waals surface area contributed by atoms with E-state index in [1.807, 2.05) is 0 Å². The maximum Gasteiger partial charge on any atom is 0.157 e. The van der Waals surface area contributed by atoms with E-state index < -0.39 is 6.10 Å². The molecule has 1 aromatic rings. The third kappa shape index (κ3) is 3.32. The maximum absolute atomic E-state index is 9.48. The molecule has 0 aliphatic heterocycles. The van der Waals surface area contributed by atoms with Crippen LogP contribution in [-0.2, 0) is 22.4 Å². The Morgan fingerprint density at radius 2 is 1.93 bits per heavy atom. The second-order valence-corrected chi connectivity index (χ2v) is 2.82. The molecule has 0 saturated carbocycles. The van der Waals surface area contributed by atoms with Gasteiger partial charge in [0.15, 0.2) is 11.5 Å². The molecule has 1 atom stereocenters. The summed E-state index contributed by atoms with van der Waals surface area (Å²) in [5.74, 6) is -0.395. The van der Waals surface area contributed by atoms with E-state index in [1.54, 1.807) is 13.1 Å². The summed E-state index contributed by atoms with van der Waals surface area (Å²) in [7, 11) is 1.73. The van der Waals surface area contributed by atoms with E-state index >= 15 is 0 Å². The molecule has 0 aromatic heterocycles. The van der Waals surface area contributed by atoms with Crippen LogP contribution in [0.15, 0.2) is 18.2 Å². The number of rotatable bonds is 3. The third-order valence-electron chi connectivity index (χ3n) is 1.78. The smallest absolute Gasteiger partial charge is 0.157 e. The van der Waals surface area contributed by atoms with Crippen LogP contribution < -0.4 is 5.32 Å². The van der Waals surface area contributed by atoms with Crippen LogP contribution >= 0.6 is 0 Å². The van der Waals surface area contributed by atoms with E-state index in [2.05, 4.69) is 5.32 Å². The largest absolute Gasteiger partial charge is 0.504 e. The van der Waals surface area contributed by atoms with Gasteiger partial charge in [-0.1, -0.05) is 6.07 Å². The minimum Gasteiger partial charge on any atom is -0.504 e. The summed E-state index contributed by atoms with van der Waals surface area (Å²) in [5, 5.41) is 30.4. The predicted molar refractivity (Wildman–Crippen MR) is 48.7 cm³/mol. The summed E-state index contributed by atoms with van der Waals surface area (Å²) >= 11 is 0. The number of nitrogens with one attached hydrogen (secondary N) is 1. The van der Waals surface area contributed by atoms with Crippen LogP contribution in [0.5, 0.6) is 11.5 Å². The standard InChI is InChI=1S/C9H13NO3.Au/c1-10-5-9(13)6-2-3-7(11)8(12)4-6;/h2-4,9-13H,5H2,1H3;/t9-;/m0./s1. The van der Waals surface area contributed by atoms with Gasteiger partial charge in [-0.25, -0.2) is 0 Å². The number of phenolic OH excluding ortho intramolecular Hbond substituents is 2. The monoisotopic (exact) mass is 380 g/mol. The molecule has 1 radical (unpaired) electrons. The van der Waals surface area contributed by atoms with Crippen LogP contribution in [0.1, 0.15) is 11.7 Å². The van der Waals surface area contributed by atoms with Crippen LogP contribution in [-0.4, -0.2) is 28.9 Å². The summed E-state index contributed by atoms with van der Waals surface area (Å²) in [5.41, 5.74) is 0.574. The van der Waals surface area contributed by atoms with Gasteiger partial charge in [0.1, 0.15) is 0 Å². The fourth-order valence-corrected chi connectivity index (χ4v) is 1.06. The van der Waals surface area contributed by atoms with Crippen molar-refractivity contribution in [3.05, 3.63) is 23.8 Å². The van der Waals surface area contributed by atoms with E-state index in [9.17, 15) is 5.11 Å². The Bertz CT molecular complexity index is 293. The van der Waals surface area contributed by atoms with E-state index in [0.29, 0.717) is 12.1 Å². The molecule has 0 bridgehead atoms. The van der Waals surface area contributed by atoms with Crippen LogP contribution in [0.25, 0.3) is 0 Å². The zero-order valence-corrected chi connectivity index (χ0v) is 9.83. The molecule has 0 spiro atoms. The van der Waals surface area contributed by atoms with Gasteiger partial charge in [0.2, 0.25) is 0 Å². The van der Waals surface area contributed by atoms with Gasteiger partial charge >= 0.3 is 0 Å². The fraction of sp³-hybridized carbons (Fsp3) is 0.333. The second-order valence-electron chi connectivity index (χ2n) is 2.82. The number of aliphatic hydroxyl groups is 1. The van der Waals surface area contributed by atoms with Crippen molar-refractivity contribution in [1.29, 1.82) is 0 Å². The van der Waals surface area contributed by atoms with E-state index in [1.165, 1.54) is 12.1 Å². The topological polar surface area (TPSA) is 72.7 Å². The molecule has 0 unspecified atom stereocenters. The minimum atomic E-state index is -0.670. The Balaban J connectivity index is 0.00000169. The molecule has 1 aromatic carbocycles. The third-order valence-corrected chi connectivity index (χ3v) is 1.78. The predicted octanol–water partition coefficient (Wildman–Crippen LogP) is 0.348. The molecule has 4 nitrogen and oxygen atoms in total. The number of hydrogen-bond acceptors (Lipinski definition) is 4. The van der Waals surface area contributed by atoms with E-state index in [-0.39, 0.29) is 33.9 Å². The fourth-order valence-electron chi connectivity index (χ4n) is 1.06. The molecule has 14 heavy (non-hydrogen) atoms. The van der Waals surface area contributed by atoms with Crippen molar-refractivity contribution in [3.8, 4) is 11.5 Å². The number of phenols is 2. The summed E-state index contributed by atoms with van der Waals surface area (Å²) in [6.07, 6.45) is -0.670. The second kappa shape index (κ2) is 6.06. The molecule has 4 N–H and O–H groups in total. The van der Waals surface area contributed by atoms with Crippen LogP contribution in [0.2, 0.25) is 0 Å². The Morgan fingerprint density at radius 1 is 1.29 bits per heavy atom. The molecular weight excluding hydrogens is 367 g/mol. The Morgan fingerprint density at radius 3 is 2.43 bits per heavy atom. The van der Waals surface area contributed by atoms with Gasteiger partial charge in [-0.2, -0.15) is 0 Å². The minimum absolute atomic E-state index is 0. The van der Waals surface area contributed by atoms with Crippen molar-refractivity contribution in [1.82, 2.24) is 5.32 Å². The zero-order valence-electron chi connectivity index (χ0n) is 7.66. The number of aromatic hydroxyl groups is 2. The number of benzene rings is 1. The van der Waals surface area contributed by atoms with Crippen molar-refractivity contribution < 1.29 is 37.7 Å². The molecule has 0 aliphatic rings. The van der Waals surface area contributed by atoms with Gasteiger partial charge in [0.25, 0.3) is 0 Å². The first kappa shape index (κ1) is 13.5. The molecular formula is C9H13AuNO3. The van der Waals surface area contributed by atoms with Gasteiger partial charge < -0.3 is 20.6 Å². The van der Waals surface area contributed by atoms with Gasteiger partial charge in [0.05, 0.1) is 6.10 Å². The molecule has 5 heteroatoms. The molecule has 0 saturated heterocycles. The Labute approximate surface area is 98.1 Å². The summed E-state index contributed by atoms with van der Waals surface area (Å²) in [4.78, 5) is 0. The first-order valence-electron chi connectivity index (χ1n) is 3.99. The average molecular weight is 380 g/mol. The summed E-state index contributed by atoms with van der Waals surface area (Å²) in [6, 6.07) is 4.26. The number of likely N-dealkylation sites (N-methyl/N-ethyl adjacent to an activating group) is 1. The molecule has 0 amide bonds. The van der Waals surface area contributed by atoms with Crippen molar-refractivity contribution >= 4 is 0 Å². The van der Waals surface area contributed by atoms with Crippen molar-refractivity contribution in [2.24, 2.45) is 0 Å². The van der Waals surface area contributed by atoms with Gasteiger partial charge in [0, 0.05) is 28.9 Å². The summed E-state index contributed by atoms with van der Waals surface area (Å²) in [6.45, 7) is 0.407. The van der Waals surface area contributed by atoms with Crippen molar-refractivity contribution in [2.75, 3.05) is 13.6 Å². The van der Waals surface area contributed by atoms with Gasteiger partial charge in [-0.15, -0.1) is 0 Å². The zero-order chi connectivity index (χ0) is 9.84. The van der Waals surface area contributed by atoms with Crippen LogP contribution in [0.3, 0.4) is 0 Å². The molecule has 0 aliphatic carbocycles. The maximum atomic E-state index is 9.48. The summed E-state index contributed by atoms with van der Waals surface area (Å²) < 4.78 is 0. The molecule has 0 heterocycles. The van der Waals surface area contributed by atoms with Crippen LogP contribution in [0.4, 0.5) is 0 Å². The van der Waals surface area contributed by atoms with Gasteiger partial charge in [-0.3, -0.25) is 0 Å². The van der Waals surface area contributed by atoms with E-state index in [4.69, 9.17) is 10.2 Å². The molecule has 83 valence electrons. The normalized spacial score (nSPS) is 11.9. The Kier molecular flexibility index (Phi) is 5.83.